The summed E-state index contributed by atoms with van der Waals surface area (Å²) in [4.78, 5) is 24.6. The third kappa shape index (κ3) is 4.58. The lowest BCUT2D eigenvalue weighted by molar-refractivity contribution is -0.384. The zero-order valence-corrected chi connectivity index (χ0v) is 15.7. The van der Waals surface area contributed by atoms with Crippen molar-refractivity contribution < 1.29 is 18.9 Å². The highest BCUT2D eigenvalue weighted by Gasteiger charge is 2.26. The molecule has 1 aromatic heterocycles. The second-order valence-corrected chi connectivity index (χ2v) is 6.62. The number of carbonyl (C=O) groups excluding carboxylic acids is 1. The van der Waals surface area contributed by atoms with Crippen LogP contribution in [0.2, 0.25) is 0 Å². The van der Waals surface area contributed by atoms with Crippen LogP contribution in [0.4, 0.5) is 5.69 Å². The number of likely N-dealkylation sites (tertiary alicyclic amines) is 1. The van der Waals surface area contributed by atoms with Gasteiger partial charge in [-0.2, -0.15) is 0 Å². The van der Waals surface area contributed by atoms with Crippen LogP contribution in [0.15, 0.2) is 28.7 Å². The van der Waals surface area contributed by atoms with Crippen LogP contribution < -0.4 is 0 Å². The maximum atomic E-state index is 11.8. The Labute approximate surface area is 160 Å². The Hall–Kier alpha value is -2.59. The molecule has 0 atom stereocenters. The Bertz CT molecular complexity index is 885. The van der Waals surface area contributed by atoms with Crippen LogP contribution >= 0.6 is 12.2 Å². The van der Waals surface area contributed by atoms with Crippen LogP contribution in [0, 0.1) is 20.9 Å². The van der Waals surface area contributed by atoms with Crippen molar-refractivity contribution in [3.05, 3.63) is 39.2 Å². The van der Waals surface area contributed by atoms with E-state index in [1.165, 1.54) is 12.1 Å². The number of nitro benzene ring substituents is 1. The number of hydrogen-bond donors (Lipinski definition) is 0. The number of aromatic nitrogens is 2. The second kappa shape index (κ2) is 8.40. The summed E-state index contributed by atoms with van der Waals surface area (Å²) in [6.07, 6.45) is 1.45. The number of nitrogens with zero attached hydrogens (tertiary/aromatic N) is 4. The molecule has 9 nitrogen and oxygen atoms in total. The Morgan fingerprint density at radius 3 is 2.85 bits per heavy atom. The molecular weight excluding hydrogens is 372 g/mol. The van der Waals surface area contributed by atoms with Gasteiger partial charge in [0.2, 0.25) is 5.89 Å². The molecule has 144 valence electrons. The smallest absolute Gasteiger partial charge is 0.309 e. The predicted octanol–water partition coefficient (Wildman–Crippen LogP) is 3.01. The summed E-state index contributed by atoms with van der Waals surface area (Å²) in [5, 5.41) is 15.3. The third-order valence-electron chi connectivity index (χ3n) is 4.45. The lowest BCUT2D eigenvalue weighted by Crippen LogP contribution is -2.38. The minimum Gasteiger partial charge on any atom is -0.466 e. The number of nitro groups is 1. The molecule has 1 aromatic carbocycles. The van der Waals surface area contributed by atoms with E-state index < -0.39 is 4.92 Å². The first-order chi connectivity index (χ1) is 13.0. The molecule has 10 heteroatoms. The summed E-state index contributed by atoms with van der Waals surface area (Å²) in [6.45, 7) is 4.09. The summed E-state index contributed by atoms with van der Waals surface area (Å²) < 4.78 is 12.1. The van der Waals surface area contributed by atoms with Gasteiger partial charge in [-0.25, -0.2) is 4.68 Å². The number of benzene rings is 1. The Morgan fingerprint density at radius 2 is 2.19 bits per heavy atom. The molecule has 0 bridgehead atoms. The average molecular weight is 392 g/mol. The number of piperidine rings is 1. The highest BCUT2D eigenvalue weighted by Crippen LogP contribution is 2.24. The van der Waals surface area contributed by atoms with Crippen molar-refractivity contribution in [2.45, 2.75) is 26.4 Å². The van der Waals surface area contributed by atoms with Crippen LogP contribution in [-0.2, 0) is 16.2 Å². The van der Waals surface area contributed by atoms with E-state index in [4.69, 9.17) is 21.4 Å². The van der Waals surface area contributed by atoms with Crippen molar-refractivity contribution in [3.63, 3.8) is 0 Å². The molecule has 0 aliphatic carbocycles. The van der Waals surface area contributed by atoms with Gasteiger partial charge in [-0.05, 0) is 38.0 Å². The summed E-state index contributed by atoms with van der Waals surface area (Å²) in [5.41, 5.74) is 0.458. The van der Waals surface area contributed by atoms with Gasteiger partial charge in [0.15, 0.2) is 0 Å². The molecule has 1 aliphatic rings. The lowest BCUT2D eigenvalue weighted by atomic mass is 9.97. The summed E-state index contributed by atoms with van der Waals surface area (Å²) in [6, 6.07) is 6.06. The van der Waals surface area contributed by atoms with Gasteiger partial charge < -0.3 is 9.15 Å². The fourth-order valence-corrected chi connectivity index (χ4v) is 3.20. The molecule has 2 heterocycles. The normalized spacial score (nSPS) is 15.6. The van der Waals surface area contributed by atoms with Crippen molar-refractivity contribution in [2.24, 2.45) is 5.92 Å². The highest BCUT2D eigenvalue weighted by molar-refractivity contribution is 7.71. The predicted molar refractivity (Wildman–Crippen MR) is 98.3 cm³/mol. The van der Waals surface area contributed by atoms with Gasteiger partial charge in [-0.15, -0.1) is 5.10 Å². The van der Waals surface area contributed by atoms with Crippen LogP contribution in [0.5, 0.6) is 0 Å². The highest BCUT2D eigenvalue weighted by atomic mass is 32.1. The van der Waals surface area contributed by atoms with E-state index >= 15 is 0 Å². The van der Waals surface area contributed by atoms with Crippen molar-refractivity contribution in [2.75, 3.05) is 19.7 Å². The number of esters is 1. The number of hydrogen-bond acceptors (Lipinski definition) is 8. The van der Waals surface area contributed by atoms with E-state index in [-0.39, 0.29) is 28.3 Å². The van der Waals surface area contributed by atoms with Crippen molar-refractivity contribution in [1.82, 2.24) is 14.7 Å². The average Bonchev–Trinajstić information content (AvgIpc) is 3.03. The third-order valence-corrected chi connectivity index (χ3v) is 4.75. The van der Waals surface area contributed by atoms with Gasteiger partial charge >= 0.3 is 5.97 Å². The Morgan fingerprint density at radius 1 is 1.44 bits per heavy atom. The van der Waals surface area contributed by atoms with E-state index in [0.717, 1.165) is 25.9 Å². The zero-order valence-electron chi connectivity index (χ0n) is 14.9. The van der Waals surface area contributed by atoms with Crippen molar-refractivity contribution >= 4 is 23.9 Å². The van der Waals surface area contributed by atoms with E-state index in [1.807, 2.05) is 0 Å². The van der Waals surface area contributed by atoms with E-state index in [9.17, 15) is 14.9 Å². The second-order valence-electron chi connectivity index (χ2n) is 6.27. The first-order valence-electron chi connectivity index (χ1n) is 8.69. The molecule has 27 heavy (non-hydrogen) atoms. The lowest BCUT2D eigenvalue weighted by Gasteiger charge is -2.30. The van der Waals surface area contributed by atoms with Gasteiger partial charge in [0.1, 0.15) is 0 Å². The maximum absolute atomic E-state index is 11.8. The molecule has 1 fully saturated rings. The largest absolute Gasteiger partial charge is 0.466 e. The Kier molecular flexibility index (Phi) is 5.97. The van der Waals surface area contributed by atoms with E-state index in [2.05, 4.69) is 10.00 Å². The SMILES string of the molecule is CCOC(=O)C1CCN(Cn2nc(-c3cccc([N+](=O)[O-])c3)oc2=S)CC1. The molecule has 0 saturated carbocycles. The molecule has 0 radical (unpaired) electrons. The van der Waals surface area contributed by atoms with Crippen LogP contribution in [-0.4, -0.2) is 45.3 Å². The molecule has 0 unspecified atom stereocenters. The molecule has 0 spiro atoms. The van der Waals surface area contributed by atoms with E-state index in [0.29, 0.717) is 18.8 Å². The van der Waals surface area contributed by atoms with Gasteiger partial charge in [0.05, 0.1) is 24.1 Å². The van der Waals surface area contributed by atoms with Crippen molar-refractivity contribution in [3.8, 4) is 11.5 Å². The van der Waals surface area contributed by atoms with Gasteiger partial charge in [-0.3, -0.25) is 19.8 Å². The topological polar surface area (TPSA) is 104 Å². The van der Waals surface area contributed by atoms with Gasteiger partial charge in [0, 0.05) is 30.8 Å². The number of rotatable bonds is 6. The number of carbonyl (C=O) groups is 1. The van der Waals surface area contributed by atoms with Crippen molar-refractivity contribution in [1.29, 1.82) is 0 Å². The molecule has 1 aliphatic heterocycles. The molecule has 0 N–H and O–H groups in total. The summed E-state index contributed by atoms with van der Waals surface area (Å²) in [5.74, 6) is 0.0418. The minimum atomic E-state index is -0.469. The van der Waals surface area contributed by atoms with Crippen LogP contribution in [0.25, 0.3) is 11.5 Å². The first kappa shape index (κ1) is 19.2. The molecular formula is C17H20N4O5S. The van der Waals surface area contributed by atoms with Crippen LogP contribution in [0.1, 0.15) is 19.8 Å². The summed E-state index contributed by atoms with van der Waals surface area (Å²) >= 11 is 5.22. The fourth-order valence-electron chi connectivity index (χ4n) is 3.02. The molecule has 3 rings (SSSR count). The number of non-ortho nitro benzene ring substituents is 1. The quantitative estimate of drug-likeness (QED) is 0.320. The Balaban J connectivity index is 1.66. The monoisotopic (exact) mass is 392 g/mol. The van der Waals surface area contributed by atoms with E-state index in [1.54, 1.807) is 23.7 Å². The standard InChI is InChI=1S/C17H20N4O5S/c1-2-25-16(22)12-6-8-19(9-7-12)11-20-17(27)26-15(18-20)13-4-3-5-14(10-13)21(23)24/h3-5,10,12H,2,6-9,11H2,1H3. The summed E-state index contributed by atoms with van der Waals surface area (Å²) in [7, 11) is 0. The fraction of sp³-hybridized carbons (Fsp3) is 0.471. The first-order valence-corrected chi connectivity index (χ1v) is 9.10. The van der Waals surface area contributed by atoms with Gasteiger partial charge in [0.25, 0.3) is 10.5 Å². The van der Waals surface area contributed by atoms with Crippen LogP contribution in [0.3, 0.4) is 0 Å². The maximum Gasteiger partial charge on any atom is 0.309 e. The molecule has 0 amide bonds. The molecule has 1 saturated heterocycles. The minimum absolute atomic E-state index is 0.0378. The number of ether oxygens (including phenoxy) is 1. The zero-order chi connectivity index (χ0) is 19.4. The van der Waals surface area contributed by atoms with Gasteiger partial charge in [-0.1, -0.05) is 6.07 Å². The molecule has 2 aromatic rings.